The molecule has 0 saturated carbocycles. The van der Waals surface area contributed by atoms with Crippen molar-refractivity contribution in [2.24, 2.45) is 0 Å². The number of nitrogens with one attached hydrogen (secondary N) is 2. The summed E-state index contributed by atoms with van der Waals surface area (Å²) in [7, 11) is 0. The number of amides is 2. The summed E-state index contributed by atoms with van der Waals surface area (Å²) in [5, 5.41) is 18.1. The van der Waals surface area contributed by atoms with E-state index in [1.54, 1.807) is 10.7 Å². The third kappa shape index (κ3) is 3.63. The fourth-order valence-corrected chi connectivity index (χ4v) is 4.35. The zero-order valence-electron chi connectivity index (χ0n) is 17.2. The largest absolute Gasteiger partial charge is 0.361 e. The van der Waals surface area contributed by atoms with E-state index in [2.05, 4.69) is 26.2 Å². The van der Waals surface area contributed by atoms with E-state index in [0.717, 1.165) is 29.8 Å². The highest BCUT2D eigenvalue weighted by Crippen LogP contribution is 2.30. The summed E-state index contributed by atoms with van der Waals surface area (Å²) in [6.45, 7) is 2.95. The molecule has 1 saturated heterocycles. The van der Waals surface area contributed by atoms with Crippen LogP contribution in [0, 0.1) is 6.92 Å². The van der Waals surface area contributed by atoms with Crippen LogP contribution in [0.3, 0.4) is 0 Å². The van der Waals surface area contributed by atoms with E-state index in [-0.39, 0.29) is 11.8 Å². The second-order valence-corrected chi connectivity index (χ2v) is 8.11. The summed E-state index contributed by atoms with van der Waals surface area (Å²) in [5.41, 5.74) is 2.60. The number of anilines is 1. The lowest BCUT2D eigenvalue weighted by atomic mass is 9.93. The number of fused-ring (bicyclic) bond motifs is 1. The second kappa shape index (κ2) is 7.50. The van der Waals surface area contributed by atoms with Crippen LogP contribution in [0.1, 0.15) is 34.6 Å². The summed E-state index contributed by atoms with van der Waals surface area (Å²) >= 11 is 0. The first-order chi connectivity index (χ1) is 15.0. The van der Waals surface area contributed by atoms with E-state index >= 15 is 0 Å². The zero-order valence-corrected chi connectivity index (χ0v) is 17.2. The molecular weight excluding hydrogens is 394 g/mol. The topological polar surface area (TPSA) is 105 Å². The zero-order chi connectivity index (χ0) is 21.4. The molecule has 158 valence electrons. The Kier molecular flexibility index (Phi) is 4.65. The molecule has 9 nitrogen and oxygen atoms in total. The fourth-order valence-electron chi connectivity index (χ4n) is 4.35. The molecule has 3 heterocycles. The average Bonchev–Trinajstić information content (AvgIpc) is 3.20. The molecule has 0 aliphatic carbocycles. The van der Waals surface area contributed by atoms with Crippen LogP contribution in [0.4, 0.5) is 5.69 Å². The van der Waals surface area contributed by atoms with Gasteiger partial charge in [0.1, 0.15) is 5.66 Å². The molecule has 2 amide bonds. The number of rotatable bonds is 3. The number of carbonyl (C=O) groups is 2. The van der Waals surface area contributed by atoms with E-state index in [4.69, 9.17) is 0 Å². The van der Waals surface area contributed by atoms with Gasteiger partial charge in [-0.25, -0.2) is 0 Å². The maximum atomic E-state index is 13.0. The van der Waals surface area contributed by atoms with Crippen molar-refractivity contribution < 1.29 is 9.59 Å². The third-order valence-electron chi connectivity index (χ3n) is 5.91. The molecule has 31 heavy (non-hydrogen) atoms. The van der Waals surface area contributed by atoms with Gasteiger partial charge in [0.25, 0.3) is 5.91 Å². The van der Waals surface area contributed by atoms with Gasteiger partial charge in [-0.15, -0.1) is 5.10 Å². The summed E-state index contributed by atoms with van der Waals surface area (Å²) < 4.78 is 1.65. The van der Waals surface area contributed by atoms with Gasteiger partial charge in [0, 0.05) is 12.2 Å². The van der Waals surface area contributed by atoms with E-state index in [1.165, 1.54) is 0 Å². The molecule has 2 aliphatic rings. The van der Waals surface area contributed by atoms with Crippen LogP contribution >= 0.6 is 0 Å². The van der Waals surface area contributed by atoms with Crippen molar-refractivity contribution in [3.63, 3.8) is 0 Å². The molecular formula is C22H23N7O2. The fraction of sp³-hybridized carbons (Fsp3) is 0.318. The maximum Gasteiger partial charge on any atom is 0.255 e. The average molecular weight is 417 g/mol. The van der Waals surface area contributed by atoms with Crippen molar-refractivity contribution in [2.75, 3.05) is 18.4 Å². The number of nitrogens with zero attached hydrogens (tertiary/aromatic N) is 5. The highest BCUT2D eigenvalue weighted by atomic mass is 16.2. The highest BCUT2D eigenvalue weighted by Gasteiger charge is 2.41. The van der Waals surface area contributed by atoms with Gasteiger partial charge in [0.2, 0.25) is 5.91 Å². The molecule has 2 aromatic carbocycles. The molecule has 0 radical (unpaired) electrons. The molecule has 1 atom stereocenters. The SMILES string of the molecule is Cc1nnnn1-c1ccc(CC(=O)N2CCCC3(C2)NC(=O)c2ccccc2N3)cc1. The van der Waals surface area contributed by atoms with Crippen LogP contribution in [0.2, 0.25) is 0 Å². The van der Waals surface area contributed by atoms with Gasteiger partial charge in [-0.05, 0) is 60.0 Å². The van der Waals surface area contributed by atoms with Crippen LogP contribution in [-0.4, -0.2) is 55.7 Å². The Labute approximate surface area is 179 Å². The molecule has 0 bridgehead atoms. The number of likely N-dealkylation sites (tertiary alicyclic amines) is 1. The number of hydrogen-bond acceptors (Lipinski definition) is 6. The van der Waals surface area contributed by atoms with Gasteiger partial charge in [0.15, 0.2) is 5.82 Å². The van der Waals surface area contributed by atoms with Gasteiger partial charge in [-0.2, -0.15) is 4.68 Å². The molecule has 2 aliphatic heterocycles. The summed E-state index contributed by atoms with van der Waals surface area (Å²) in [4.78, 5) is 27.5. The van der Waals surface area contributed by atoms with Gasteiger partial charge in [0.05, 0.1) is 24.2 Å². The first-order valence-corrected chi connectivity index (χ1v) is 10.3. The lowest BCUT2D eigenvalue weighted by Gasteiger charge is -2.46. The van der Waals surface area contributed by atoms with Gasteiger partial charge >= 0.3 is 0 Å². The Hall–Kier alpha value is -3.75. The highest BCUT2D eigenvalue weighted by molar-refractivity contribution is 6.02. The van der Waals surface area contributed by atoms with Crippen molar-refractivity contribution in [1.29, 1.82) is 0 Å². The number of aromatic nitrogens is 4. The van der Waals surface area contributed by atoms with E-state index in [9.17, 15) is 9.59 Å². The monoisotopic (exact) mass is 417 g/mol. The lowest BCUT2D eigenvalue weighted by Crippen LogP contribution is -2.66. The first-order valence-electron chi connectivity index (χ1n) is 10.3. The van der Waals surface area contributed by atoms with E-state index in [1.807, 2.05) is 54.3 Å². The number of aryl methyl sites for hydroxylation is 1. The molecule has 1 aromatic heterocycles. The normalized spacial score (nSPS) is 20.2. The Balaban J connectivity index is 1.28. The minimum absolute atomic E-state index is 0.0420. The quantitative estimate of drug-likeness (QED) is 0.672. The van der Waals surface area contributed by atoms with Crippen molar-refractivity contribution in [3.05, 3.63) is 65.5 Å². The van der Waals surface area contributed by atoms with E-state index in [0.29, 0.717) is 30.9 Å². The maximum absolute atomic E-state index is 13.0. The molecule has 3 aromatic rings. The van der Waals surface area contributed by atoms with Crippen LogP contribution in [0.25, 0.3) is 5.69 Å². The van der Waals surface area contributed by atoms with Gasteiger partial charge in [-0.3, -0.25) is 9.59 Å². The molecule has 1 fully saturated rings. The van der Waals surface area contributed by atoms with Crippen molar-refractivity contribution >= 4 is 17.5 Å². The Morgan fingerprint density at radius 3 is 2.71 bits per heavy atom. The van der Waals surface area contributed by atoms with Crippen LogP contribution in [-0.2, 0) is 11.2 Å². The van der Waals surface area contributed by atoms with Crippen molar-refractivity contribution in [3.8, 4) is 5.69 Å². The Morgan fingerprint density at radius 1 is 1.13 bits per heavy atom. The van der Waals surface area contributed by atoms with E-state index < -0.39 is 5.66 Å². The summed E-state index contributed by atoms with van der Waals surface area (Å²) in [5.74, 6) is 0.642. The van der Waals surface area contributed by atoms with Crippen LogP contribution < -0.4 is 10.6 Å². The minimum atomic E-state index is -0.624. The lowest BCUT2D eigenvalue weighted by molar-refractivity contribution is -0.132. The van der Waals surface area contributed by atoms with Gasteiger partial charge in [-0.1, -0.05) is 24.3 Å². The van der Waals surface area contributed by atoms with Crippen LogP contribution in [0.5, 0.6) is 0 Å². The molecule has 1 unspecified atom stereocenters. The summed E-state index contributed by atoms with van der Waals surface area (Å²) in [6, 6.07) is 15.1. The second-order valence-electron chi connectivity index (χ2n) is 8.11. The molecule has 5 rings (SSSR count). The number of carbonyl (C=O) groups excluding carboxylic acids is 2. The third-order valence-corrected chi connectivity index (χ3v) is 5.91. The predicted molar refractivity (Wildman–Crippen MR) is 114 cm³/mol. The summed E-state index contributed by atoms with van der Waals surface area (Å²) in [6.07, 6.45) is 1.89. The van der Waals surface area contributed by atoms with Crippen molar-refractivity contribution in [2.45, 2.75) is 31.8 Å². The van der Waals surface area contributed by atoms with Crippen LogP contribution in [0.15, 0.2) is 48.5 Å². The number of para-hydroxylation sites is 1. The number of hydrogen-bond donors (Lipinski definition) is 2. The van der Waals surface area contributed by atoms with Gasteiger partial charge < -0.3 is 15.5 Å². The molecule has 9 heteroatoms. The molecule has 2 N–H and O–H groups in total. The molecule has 1 spiro atoms. The number of tetrazole rings is 1. The van der Waals surface area contributed by atoms with Crippen molar-refractivity contribution in [1.82, 2.24) is 30.4 Å². The Bertz CT molecular complexity index is 1140. The predicted octanol–water partition coefficient (Wildman–Crippen LogP) is 1.69. The standard InChI is InChI=1S/C22H23N7O2/c1-15-25-26-27-29(15)17-9-7-16(8-10-17)13-20(30)28-12-4-11-22(14-28)23-19-6-3-2-5-18(19)21(31)24-22/h2-3,5-10,23H,4,11-14H2,1H3,(H,24,31). The smallest absolute Gasteiger partial charge is 0.255 e. The first kappa shape index (κ1) is 19.2. The number of benzene rings is 2. The Morgan fingerprint density at radius 2 is 1.94 bits per heavy atom. The minimum Gasteiger partial charge on any atom is -0.361 e. The number of piperidine rings is 1.